The SMILES string of the molecule is COc1ncc(N2CCC3(CN(C(=O)OC(C)(C)C)C3)C2)nc1-c1nncs1. The van der Waals surface area contributed by atoms with Gasteiger partial charge in [-0.1, -0.05) is 11.3 Å². The molecular weight excluding hydrogens is 380 g/mol. The summed E-state index contributed by atoms with van der Waals surface area (Å²) in [5.41, 5.74) is 1.89. The Bertz CT molecular complexity index is 861. The average Bonchev–Trinajstić information content (AvgIpc) is 3.28. The third kappa shape index (κ3) is 3.60. The summed E-state index contributed by atoms with van der Waals surface area (Å²) in [5, 5.41) is 8.65. The van der Waals surface area contributed by atoms with E-state index in [0.717, 1.165) is 25.3 Å². The van der Waals surface area contributed by atoms with Crippen LogP contribution in [-0.2, 0) is 4.74 Å². The number of carbonyl (C=O) groups is 1. The normalized spacial score (nSPS) is 18.3. The van der Waals surface area contributed by atoms with Crippen LogP contribution in [0.15, 0.2) is 11.7 Å². The number of hydrogen-bond donors (Lipinski definition) is 0. The molecule has 9 nitrogen and oxygen atoms in total. The van der Waals surface area contributed by atoms with Gasteiger partial charge in [0.15, 0.2) is 10.7 Å². The molecule has 2 aromatic heterocycles. The maximum atomic E-state index is 12.2. The van der Waals surface area contributed by atoms with E-state index in [9.17, 15) is 4.79 Å². The molecule has 2 aromatic rings. The van der Waals surface area contributed by atoms with Crippen LogP contribution >= 0.6 is 11.3 Å². The number of hydrogen-bond acceptors (Lipinski definition) is 9. The van der Waals surface area contributed by atoms with Crippen LogP contribution < -0.4 is 9.64 Å². The standard InChI is InChI=1S/C18H24N6O3S/c1-17(2,3)27-16(25)24-9-18(10-24)5-6-23(8-18)12-7-19-14(26-4)13(21-12)15-22-20-11-28-15/h7,11H,5-6,8-10H2,1-4H3. The van der Waals surface area contributed by atoms with Crippen LogP contribution in [0.25, 0.3) is 10.7 Å². The number of nitrogens with zero attached hydrogens (tertiary/aromatic N) is 6. The van der Waals surface area contributed by atoms with E-state index in [1.165, 1.54) is 11.3 Å². The van der Waals surface area contributed by atoms with Gasteiger partial charge in [0.25, 0.3) is 0 Å². The lowest BCUT2D eigenvalue weighted by atomic mass is 9.79. The van der Waals surface area contributed by atoms with Crippen molar-refractivity contribution in [1.29, 1.82) is 0 Å². The summed E-state index contributed by atoms with van der Waals surface area (Å²) in [6, 6.07) is 0. The average molecular weight is 404 g/mol. The lowest BCUT2D eigenvalue weighted by Gasteiger charge is -2.47. The minimum Gasteiger partial charge on any atom is -0.479 e. The first-order valence-electron chi connectivity index (χ1n) is 9.19. The summed E-state index contributed by atoms with van der Waals surface area (Å²) in [6.45, 7) is 8.79. The number of aromatic nitrogens is 4. The largest absolute Gasteiger partial charge is 0.479 e. The highest BCUT2D eigenvalue weighted by atomic mass is 32.1. The zero-order valence-electron chi connectivity index (χ0n) is 16.5. The predicted octanol–water partition coefficient (Wildman–Crippen LogP) is 2.45. The molecule has 4 heterocycles. The van der Waals surface area contributed by atoms with Crippen molar-refractivity contribution in [1.82, 2.24) is 25.1 Å². The van der Waals surface area contributed by atoms with Crippen molar-refractivity contribution in [3.63, 3.8) is 0 Å². The second kappa shape index (κ2) is 6.84. The van der Waals surface area contributed by atoms with Gasteiger partial charge in [-0.15, -0.1) is 10.2 Å². The highest BCUT2D eigenvalue weighted by molar-refractivity contribution is 7.12. The molecule has 0 unspecified atom stereocenters. The number of rotatable bonds is 3. The highest BCUT2D eigenvalue weighted by Crippen LogP contribution is 2.42. The molecule has 2 saturated heterocycles. The molecular formula is C18H24N6O3S. The Labute approximate surface area is 167 Å². The van der Waals surface area contributed by atoms with E-state index < -0.39 is 5.60 Å². The van der Waals surface area contributed by atoms with Gasteiger partial charge < -0.3 is 19.3 Å². The molecule has 2 fully saturated rings. The predicted molar refractivity (Wildman–Crippen MR) is 105 cm³/mol. The van der Waals surface area contributed by atoms with E-state index in [1.807, 2.05) is 20.8 Å². The van der Waals surface area contributed by atoms with Crippen LogP contribution in [0.3, 0.4) is 0 Å². The topological polar surface area (TPSA) is 93.6 Å². The molecule has 0 aromatic carbocycles. The summed E-state index contributed by atoms with van der Waals surface area (Å²) < 4.78 is 10.8. The first-order valence-corrected chi connectivity index (χ1v) is 10.1. The van der Waals surface area contributed by atoms with Gasteiger partial charge in [-0.2, -0.15) is 0 Å². The van der Waals surface area contributed by atoms with Gasteiger partial charge in [0.2, 0.25) is 5.88 Å². The number of methoxy groups -OCH3 is 1. The number of ether oxygens (including phenoxy) is 2. The molecule has 0 aliphatic carbocycles. The molecule has 0 saturated carbocycles. The summed E-state index contributed by atoms with van der Waals surface area (Å²) in [4.78, 5) is 25.3. The lowest BCUT2D eigenvalue weighted by molar-refractivity contribution is -0.0266. The van der Waals surface area contributed by atoms with Crippen LogP contribution in [0.4, 0.5) is 10.6 Å². The monoisotopic (exact) mass is 404 g/mol. The maximum Gasteiger partial charge on any atom is 0.410 e. The van der Waals surface area contributed by atoms with E-state index in [1.54, 1.807) is 23.7 Å². The Morgan fingerprint density at radius 2 is 2.07 bits per heavy atom. The quantitative estimate of drug-likeness (QED) is 0.770. The van der Waals surface area contributed by atoms with Crippen LogP contribution in [0.5, 0.6) is 5.88 Å². The first kappa shape index (κ1) is 18.9. The van der Waals surface area contributed by atoms with Crippen LogP contribution in [0.1, 0.15) is 27.2 Å². The second-order valence-corrected chi connectivity index (χ2v) is 9.17. The molecule has 0 N–H and O–H groups in total. The van der Waals surface area contributed by atoms with E-state index in [-0.39, 0.29) is 11.5 Å². The van der Waals surface area contributed by atoms with Gasteiger partial charge in [-0.3, -0.25) is 0 Å². The third-order valence-electron chi connectivity index (χ3n) is 4.95. The molecule has 0 radical (unpaired) electrons. The van der Waals surface area contributed by atoms with E-state index in [0.29, 0.717) is 29.7 Å². The van der Waals surface area contributed by atoms with Crippen molar-refractivity contribution in [2.45, 2.75) is 32.8 Å². The summed E-state index contributed by atoms with van der Waals surface area (Å²) in [5.74, 6) is 1.23. The van der Waals surface area contributed by atoms with Gasteiger partial charge in [-0.25, -0.2) is 14.8 Å². The first-order chi connectivity index (χ1) is 13.3. The number of likely N-dealkylation sites (tertiary alicyclic amines) is 1. The Kier molecular flexibility index (Phi) is 4.60. The molecule has 150 valence electrons. The van der Waals surface area contributed by atoms with Gasteiger partial charge in [0, 0.05) is 31.6 Å². The van der Waals surface area contributed by atoms with E-state index in [4.69, 9.17) is 14.5 Å². The molecule has 2 aliphatic heterocycles. The number of anilines is 1. The van der Waals surface area contributed by atoms with Gasteiger partial charge in [0.05, 0.1) is 13.3 Å². The fourth-order valence-corrected chi connectivity index (χ4v) is 4.23. The molecule has 28 heavy (non-hydrogen) atoms. The summed E-state index contributed by atoms with van der Waals surface area (Å²) in [7, 11) is 1.57. The van der Waals surface area contributed by atoms with Crippen LogP contribution in [-0.4, -0.2) is 70.0 Å². The second-order valence-electron chi connectivity index (χ2n) is 8.34. The third-order valence-corrected chi connectivity index (χ3v) is 5.65. The van der Waals surface area contributed by atoms with Crippen molar-refractivity contribution in [3.8, 4) is 16.6 Å². The van der Waals surface area contributed by atoms with Crippen molar-refractivity contribution >= 4 is 23.2 Å². The van der Waals surface area contributed by atoms with Crippen molar-refractivity contribution < 1.29 is 14.3 Å². The Morgan fingerprint density at radius 3 is 2.71 bits per heavy atom. The molecule has 1 amide bonds. The highest BCUT2D eigenvalue weighted by Gasteiger charge is 2.50. The zero-order chi connectivity index (χ0) is 19.9. The summed E-state index contributed by atoms with van der Waals surface area (Å²) >= 11 is 1.40. The van der Waals surface area contributed by atoms with E-state index >= 15 is 0 Å². The fourth-order valence-electron chi connectivity index (χ4n) is 3.69. The zero-order valence-corrected chi connectivity index (χ0v) is 17.3. The molecule has 2 aliphatic rings. The fraction of sp³-hybridized carbons (Fsp3) is 0.611. The smallest absolute Gasteiger partial charge is 0.410 e. The van der Waals surface area contributed by atoms with Gasteiger partial charge in [0.1, 0.15) is 16.9 Å². The van der Waals surface area contributed by atoms with Gasteiger partial charge >= 0.3 is 6.09 Å². The molecule has 4 rings (SSSR count). The molecule has 0 bridgehead atoms. The van der Waals surface area contributed by atoms with Crippen LogP contribution in [0, 0.1) is 5.41 Å². The molecule has 0 atom stereocenters. The minimum atomic E-state index is -0.471. The van der Waals surface area contributed by atoms with E-state index in [2.05, 4.69) is 20.1 Å². The van der Waals surface area contributed by atoms with Crippen molar-refractivity contribution in [2.24, 2.45) is 5.41 Å². The molecule has 10 heteroatoms. The summed E-state index contributed by atoms with van der Waals surface area (Å²) in [6.07, 6.45) is 2.50. The maximum absolute atomic E-state index is 12.2. The molecule has 1 spiro atoms. The Hall–Kier alpha value is -2.49. The number of amides is 1. The van der Waals surface area contributed by atoms with Crippen molar-refractivity contribution in [3.05, 3.63) is 11.7 Å². The number of carbonyl (C=O) groups excluding carboxylic acids is 1. The van der Waals surface area contributed by atoms with Gasteiger partial charge in [-0.05, 0) is 27.2 Å². The Morgan fingerprint density at radius 1 is 1.29 bits per heavy atom. The minimum absolute atomic E-state index is 0.0986. The van der Waals surface area contributed by atoms with Crippen LogP contribution in [0.2, 0.25) is 0 Å². The lowest BCUT2D eigenvalue weighted by Crippen LogP contribution is -2.60. The Balaban J connectivity index is 1.44. The van der Waals surface area contributed by atoms with Crippen molar-refractivity contribution in [2.75, 3.05) is 38.2 Å².